The Morgan fingerprint density at radius 3 is 2.59 bits per heavy atom. The smallest absolute Gasteiger partial charge is 0.453 e. The third-order valence-electron chi connectivity index (χ3n) is 5.63. The molecule has 2 N–H and O–H groups in total. The number of carbonyl (C=O) groups excluding carboxylic acids is 1. The molecular formula is C23H20F3N5O3. The molecule has 0 spiro atoms. The lowest BCUT2D eigenvalue weighted by Crippen LogP contribution is -2.31. The summed E-state index contributed by atoms with van der Waals surface area (Å²) < 4.78 is 52.5. The molecule has 34 heavy (non-hydrogen) atoms. The number of aromatic nitrogens is 3. The predicted molar refractivity (Wildman–Crippen MR) is 117 cm³/mol. The van der Waals surface area contributed by atoms with Crippen LogP contribution >= 0.6 is 0 Å². The van der Waals surface area contributed by atoms with E-state index < -0.39 is 23.9 Å². The molecule has 0 fully saturated rings. The molecule has 0 bridgehead atoms. The highest BCUT2D eigenvalue weighted by molar-refractivity contribution is 6.06. The van der Waals surface area contributed by atoms with Gasteiger partial charge in [0.15, 0.2) is 11.5 Å². The van der Waals surface area contributed by atoms with Gasteiger partial charge < -0.3 is 20.1 Å². The van der Waals surface area contributed by atoms with Crippen LogP contribution in [0.4, 0.5) is 24.8 Å². The summed E-state index contributed by atoms with van der Waals surface area (Å²) in [5, 5.41) is 9.38. The first-order valence-corrected chi connectivity index (χ1v) is 10.5. The minimum absolute atomic E-state index is 0.114. The molecule has 11 heteroatoms. The number of fused-ring (bicyclic) bond motifs is 2. The Bertz CT molecular complexity index is 1320. The van der Waals surface area contributed by atoms with Gasteiger partial charge in [-0.3, -0.25) is 4.79 Å². The molecule has 5 rings (SSSR count). The zero-order valence-electron chi connectivity index (χ0n) is 18.2. The molecule has 1 unspecified atom stereocenters. The fourth-order valence-corrected chi connectivity index (χ4v) is 4.01. The van der Waals surface area contributed by atoms with E-state index in [0.717, 1.165) is 10.2 Å². The Hall–Kier alpha value is -4.02. The Morgan fingerprint density at radius 2 is 1.85 bits per heavy atom. The third-order valence-corrected chi connectivity index (χ3v) is 5.63. The first kappa shape index (κ1) is 21.8. The number of para-hydroxylation sites is 1. The quantitative estimate of drug-likeness (QED) is 0.592. The summed E-state index contributed by atoms with van der Waals surface area (Å²) in [6.07, 6.45) is -4.75. The zero-order chi connectivity index (χ0) is 24.0. The monoisotopic (exact) mass is 471 g/mol. The van der Waals surface area contributed by atoms with Gasteiger partial charge in [0.05, 0.1) is 5.57 Å². The van der Waals surface area contributed by atoms with Crippen LogP contribution in [-0.2, 0) is 11.0 Å². The molecule has 0 saturated carbocycles. The molecule has 176 valence electrons. The van der Waals surface area contributed by atoms with E-state index in [-0.39, 0.29) is 11.5 Å². The van der Waals surface area contributed by atoms with Gasteiger partial charge in [0, 0.05) is 11.4 Å². The van der Waals surface area contributed by atoms with Crippen LogP contribution in [-0.4, -0.2) is 33.9 Å². The maximum absolute atomic E-state index is 13.5. The normalized spacial score (nSPS) is 17.1. The number of nitrogens with one attached hydrogen (secondary N) is 2. The van der Waals surface area contributed by atoms with Gasteiger partial charge in [0.2, 0.25) is 5.95 Å². The van der Waals surface area contributed by atoms with Gasteiger partial charge in [-0.1, -0.05) is 24.3 Å². The zero-order valence-corrected chi connectivity index (χ0v) is 18.2. The van der Waals surface area contributed by atoms with Crippen molar-refractivity contribution in [1.29, 1.82) is 0 Å². The number of allylic oxidation sites excluding steroid dienone is 1. The SMILES string of the molecule is CC1=C(C(=O)Nc2ccccc2C)C(c2ccc3c(c2)OCCO3)n2nc(C(F)(F)F)nc2N1. The number of hydrogen-bond acceptors (Lipinski definition) is 6. The van der Waals surface area contributed by atoms with Crippen LogP contribution in [0.25, 0.3) is 0 Å². The van der Waals surface area contributed by atoms with Gasteiger partial charge in [0.1, 0.15) is 19.3 Å². The Kier molecular flexibility index (Phi) is 5.18. The number of amides is 1. The molecule has 2 aromatic carbocycles. The number of alkyl halides is 3. The van der Waals surface area contributed by atoms with Crippen molar-refractivity contribution in [2.24, 2.45) is 0 Å². The Balaban J connectivity index is 1.62. The molecule has 8 nitrogen and oxygen atoms in total. The van der Waals surface area contributed by atoms with Crippen LogP contribution in [0.3, 0.4) is 0 Å². The van der Waals surface area contributed by atoms with E-state index in [1.807, 2.05) is 19.1 Å². The fraction of sp³-hybridized carbons (Fsp3) is 0.261. The number of nitrogens with zero attached hydrogens (tertiary/aromatic N) is 3. The molecule has 0 radical (unpaired) electrons. The summed E-state index contributed by atoms with van der Waals surface area (Å²) in [5.41, 5.74) is 2.49. The van der Waals surface area contributed by atoms with E-state index in [2.05, 4.69) is 20.7 Å². The van der Waals surface area contributed by atoms with Crippen molar-refractivity contribution in [3.63, 3.8) is 0 Å². The number of hydrogen-bond donors (Lipinski definition) is 2. The highest BCUT2D eigenvalue weighted by Gasteiger charge is 2.41. The molecule has 0 aliphatic carbocycles. The van der Waals surface area contributed by atoms with Crippen LogP contribution in [0.1, 0.15) is 29.9 Å². The topological polar surface area (TPSA) is 90.3 Å². The highest BCUT2D eigenvalue weighted by atomic mass is 19.4. The minimum atomic E-state index is -4.75. The first-order chi connectivity index (χ1) is 16.2. The summed E-state index contributed by atoms with van der Waals surface area (Å²) in [7, 11) is 0. The number of benzene rings is 2. The number of carbonyl (C=O) groups is 1. The van der Waals surface area contributed by atoms with E-state index >= 15 is 0 Å². The minimum Gasteiger partial charge on any atom is -0.486 e. The van der Waals surface area contributed by atoms with E-state index in [0.29, 0.717) is 41.7 Å². The second-order valence-electron chi connectivity index (χ2n) is 7.94. The van der Waals surface area contributed by atoms with Gasteiger partial charge in [-0.15, -0.1) is 5.10 Å². The Labute approximate surface area is 192 Å². The number of aryl methyl sites for hydroxylation is 1. The summed E-state index contributed by atoms with van der Waals surface area (Å²) in [4.78, 5) is 17.1. The van der Waals surface area contributed by atoms with E-state index in [1.165, 1.54) is 0 Å². The second kappa shape index (κ2) is 8.08. The van der Waals surface area contributed by atoms with Crippen molar-refractivity contribution in [3.8, 4) is 11.5 Å². The fourth-order valence-electron chi connectivity index (χ4n) is 4.01. The lowest BCUT2D eigenvalue weighted by Gasteiger charge is -2.29. The maximum atomic E-state index is 13.5. The van der Waals surface area contributed by atoms with Crippen molar-refractivity contribution >= 4 is 17.5 Å². The largest absolute Gasteiger partial charge is 0.486 e. The average molecular weight is 471 g/mol. The van der Waals surface area contributed by atoms with Crippen LogP contribution < -0.4 is 20.1 Å². The van der Waals surface area contributed by atoms with E-state index in [9.17, 15) is 18.0 Å². The van der Waals surface area contributed by atoms with Crippen LogP contribution in [0, 0.1) is 6.92 Å². The van der Waals surface area contributed by atoms with E-state index in [4.69, 9.17) is 9.47 Å². The summed E-state index contributed by atoms with van der Waals surface area (Å²) in [5.74, 6) is -0.932. The van der Waals surface area contributed by atoms with Crippen molar-refractivity contribution in [3.05, 3.63) is 70.7 Å². The number of halogens is 3. The molecule has 2 aliphatic heterocycles. The molecule has 2 aliphatic rings. The maximum Gasteiger partial charge on any atom is 0.453 e. The number of rotatable bonds is 3. The highest BCUT2D eigenvalue weighted by Crippen LogP contribution is 2.41. The second-order valence-corrected chi connectivity index (χ2v) is 7.94. The average Bonchev–Trinajstić information content (AvgIpc) is 3.23. The molecule has 3 heterocycles. The van der Waals surface area contributed by atoms with Crippen molar-refractivity contribution in [1.82, 2.24) is 14.8 Å². The van der Waals surface area contributed by atoms with Gasteiger partial charge in [-0.2, -0.15) is 18.2 Å². The van der Waals surface area contributed by atoms with Crippen molar-refractivity contribution < 1.29 is 27.4 Å². The molecule has 3 aromatic rings. The lowest BCUT2D eigenvalue weighted by molar-refractivity contribution is -0.145. The van der Waals surface area contributed by atoms with Crippen molar-refractivity contribution in [2.45, 2.75) is 26.1 Å². The lowest BCUT2D eigenvalue weighted by atomic mass is 9.94. The van der Waals surface area contributed by atoms with Gasteiger partial charge in [0.25, 0.3) is 11.7 Å². The van der Waals surface area contributed by atoms with Crippen molar-refractivity contribution in [2.75, 3.05) is 23.8 Å². The van der Waals surface area contributed by atoms with Gasteiger partial charge in [-0.05, 0) is 43.2 Å². The number of ether oxygens (including phenoxy) is 2. The molecule has 1 atom stereocenters. The molecule has 1 aromatic heterocycles. The van der Waals surface area contributed by atoms with Gasteiger partial charge >= 0.3 is 6.18 Å². The predicted octanol–water partition coefficient (Wildman–Crippen LogP) is 4.30. The molecular weight excluding hydrogens is 451 g/mol. The van der Waals surface area contributed by atoms with Crippen LogP contribution in [0.5, 0.6) is 11.5 Å². The third kappa shape index (κ3) is 3.82. The Morgan fingerprint density at radius 1 is 1.12 bits per heavy atom. The summed E-state index contributed by atoms with van der Waals surface area (Å²) in [6, 6.07) is 11.2. The number of anilines is 2. The van der Waals surface area contributed by atoms with Crippen LogP contribution in [0.2, 0.25) is 0 Å². The standard InChI is InChI=1S/C23H20F3N5O3/c1-12-5-3-4-6-15(12)28-20(32)18-13(2)27-22-29-21(23(24,25)26)30-31(22)19(18)14-7-8-16-17(11-14)34-10-9-33-16/h3-8,11,19H,9-10H2,1-2H3,(H,28,32)(H,27,29,30). The summed E-state index contributed by atoms with van der Waals surface area (Å²) >= 11 is 0. The van der Waals surface area contributed by atoms with E-state index in [1.54, 1.807) is 37.3 Å². The van der Waals surface area contributed by atoms with Crippen LogP contribution in [0.15, 0.2) is 53.7 Å². The molecule has 0 saturated heterocycles. The molecule has 1 amide bonds. The first-order valence-electron chi connectivity index (χ1n) is 10.5. The van der Waals surface area contributed by atoms with Gasteiger partial charge in [-0.25, -0.2) is 4.68 Å². The summed E-state index contributed by atoms with van der Waals surface area (Å²) in [6.45, 7) is 4.19.